The zero-order valence-corrected chi connectivity index (χ0v) is 12.1. The molecular weight excluding hydrogens is 270 g/mol. The van der Waals surface area contributed by atoms with Gasteiger partial charge in [-0.15, -0.1) is 10.2 Å². The van der Waals surface area contributed by atoms with Crippen LogP contribution in [-0.2, 0) is 4.74 Å². The number of fused-ring (bicyclic) bond motifs is 1. The largest absolute Gasteiger partial charge is 0.381 e. The van der Waals surface area contributed by atoms with Crippen molar-refractivity contribution in [2.45, 2.75) is 26.2 Å². The quantitative estimate of drug-likeness (QED) is 0.907. The molecule has 0 aromatic carbocycles. The molecule has 112 valence electrons. The number of carbonyl (C=O) groups is 1. The van der Waals surface area contributed by atoms with Gasteiger partial charge in [0.05, 0.1) is 0 Å². The molecular formula is C14H19N5O2. The molecule has 0 saturated carbocycles. The second-order valence-corrected chi connectivity index (χ2v) is 5.39. The molecule has 0 spiro atoms. The number of rotatable bonds is 4. The Morgan fingerprint density at radius 1 is 1.52 bits per heavy atom. The maximum atomic E-state index is 12.2. The van der Waals surface area contributed by atoms with E-state index in [1.54, 1.807) is 10.6 Å². The minimum atomic E-state index is -0.218. The fourth-order valence-electron chi connectivity index (χ4n) is 2.53. The van der Waals surface area contributed by atoms with Crippen molar-refractivity contribution >= 4 is 11.7 Å². The molecule has 21 heavy (non-hydrogen) atoms. The highest BCUT2D eigenvalue weighted by atomic mass is 16.5. The Morgan fingerprint density at radius 3 is 3.24 bits per heavy atom. The van der Waals surface area contributed by atoms with Gasteiger partial charge in [-0.05, 0) is 38.2 Å². The lowest BCUT2D eigenvalue weighted by molar-refractivity contribution is 0.0514. The van der Waals surface area contributed by atoms with E-state index in [1.807, 2.05) is 13.0 Å². The summed E-state index contributed by atoms with van der Waals surface area (Å²) in [5.74, 6) is 1.04. The van der Waals surface area contributed by atoms with Crippen LogP contribution in [0, 0.1) is 12.8 Å². The number of hydrogen-bond acceptors (Lipinski definition) is 5. The van der Waals surface area contributed by atoms with Crippen molar-refractivity contribution in [2.24, 2.45) is 5.92 Å². The Hall–Kier alpha value is -2.02. The lowest BCUT2D eigenvalue weighted by atomic mass is 9.99. The molecule has 1 fully saturated rings. The highest BCUT2D eigenvalue weighted by Crippen LogP contribution is 2.16. The minimum absolute atomic E-state index is 0.218. The first-order valence-corrected chi connectivity index (χ1v) is 7.28. The Bertz CT molecular complexity index is 633. The molecule has 0 aliphatic carbocycles. The molecule has 2 aromatic heterocycles. The molecule has 0 radical (unpaired) electrons. The van der Waals surface area contributed by atoms with Crippen LogP contribution in [-0.4, -0.2) is 45.2 Å². The van der Waals surface area contributed by atoms with E-state index < -0.39 is 0 Å². The van der Waals surface area contributed by atoms with Gasteiger partial charge in [0, 0.05) is 31.6 Å². The molecule has 3 heterocycles. The third-order valence-corrected chi connectivity index (χ3v) is 3.71. The highest BCUT2D eigenvalue weighted by molar-refractivity contribution is 5.91. The second-order valence-electron chi connectivity index (χ2n) is 5.39. The molecule has 1 aliphatic heterocycles. The van der Waals surface area contributed by atoms with E-state index in [9.17, 15) is 4.79 Å². The molecule has 1 atom stereocenters. The van der Waals surface area contributed by atoms with Gasteiger partial charge in [-0.1, -0.05) is 0 Å². The van der Waals surface area contributed by atoms with Crippen LogP contribution < -0.4 is 5.32 Å². The van der Waals surface area contributed by atoms with Crippen molar-refractivity contribution < 1.29 is 9.53 Å². The van der Waals surface area contributed by atoms with E-state index in [0.29, 0.717) is 18.2 Å². The first kappa shape index (κ1) is 13.9. The van der Waals surface area contributed by atoms with Gasteiger partial charge in [0.25, 0.3) is 11.7 Å². The topological polar surface area (TPSA) is 81.4 Å². The molecule has 1 amide bonds. The van der Waals surface area contributed by atoms with Crippen molar-refractivity contribution in [2.75, 3.05) is 19.8 Å². The van der Waals surface area contributed by atoms with E-state index in [4.69, 9.17) is 4.74 Å². The molecule has 7 nitrogen and oxygen atoms in total. The number of aryl methyl sites for hydroxylation is 1. The first-order valence-electron chi connectivity index (χ1n) is 7.28. The van der Waals surface area contributed by atoms with Gasteiger partial charge < -0.3 is 10.1 Å². The summed E-state index contributed by atoms with van der Waals surface area (Å²) in [7, 11) is 0. The van der Waals surface area contributed by atoms with Gasteiger partial charge in [-0.2, -0.15) is 0 Å². The molecule has 1 saturated heterocycles. The van der Waals surface area contributed by atoms with Crippen molar-refractivity contribution in [3.8, 4) is 0 Å². The summed E-state index contributed by atoms with van der Waals surface area (Å²) in [6.45, 7) is 4.16. The number of aromatic nitrogens is 4. The van der Waals surface area contributed by atoms with Crippen molar-refractivity contribution in [3.63, 3.8) is 0 Å². The number of carbonyl (C=O) groups excluding carboxylic acids is 1. The average Bonchev–Trinajstić information content (AvgIpc) is 2.91. The predicted molar refractivity (Wildman–Crippen MR) is 76.0 cm³/mol. The van der Waals surface area contributed by atoms with E-state index in [2.05, 4.69) is 20.5 Å². The standard InChI is InChI=1S/C14H19N5O2/c1-10-5-7-19-12(17-18-14(19)16-10)13(20)15-6-4-11-3-2-8-21-9-11/h5,7,11H,2-4,6,8-9H2,1H3,(H,15,20). The molecule has 1 N–H and O–H groups in total. The first-order chi connectivity index (χ1) is 10.2. The summed E-state index contributed by atoms with van der Waals surface area (Å²) in [5.41, 5.74) is 0.846. The molecule has 7 heteroatoms. The molecule has 2 aromatic rings. The number of nitrogens with zero attached hydrogens (tertiary/aromatic N) is 4. The van der Waals surface area contributed by atoms with Crippen LogP contribution in [0.1, 0.15) is 35.6 Å². The number of nitrogens with one attached hydrogen (secondary N) is 1. The van der Waals surface area contributed by atoms with Crippen LogP contribution in [0.4, 0.5) is 0 Å². The van der Waals surface area contributed by atoms with Crippen molar-refractivity contribution in [1.29, 1.82) is 0 Å². The highest BCUT2D eigenvalue weighted by Gasteiger charge is 2.17. The third-order valence-electron chi connectivity index (χ3n) is 3.71. The number of hydrogen-bond donors (Lipinski definition) is 1. The van der Waals surface area contributed by atoms with Crippen molar-refractivity contribution in [3.05, 3.63) is 23.8 Å². The molecule has 1 unspecified atom stereocenters. The molecule has 1 aliphatic rings. The van der Waals surface area contributed by atoms with E-state index >= 15 is 0 Å². The summed E-state index contributed by atoms with van der Waals surface area (Å²) in [5, 5.41) is 10.7. The van der Waals surface area contributed by atoms with Crippen LogP contribution in [0.2, 0.25) is 0 Å². The van der Waals surface area contributed by atoms with Gasteiger partial charge in [-0.3, -0.25) is 9.20 Å². The molecule has 3 rings (SSSR count). The van der Waals surface area contributed by atoms with E-state index in [1.165, 1.54) is 6.42 Å². The number of ether oxygens (including phenoxy) is 1. The van der Waals surface area contributed by atoms with Crippen LogP contribution >= 0.6 is 0 Å². The average molecular weight is 289 g/mol. The summed E-state index contributed by atoms with van der Waals surface area (Å²) in [4.78, 5) is 16.4. The SMILES string of the molecule is Cc1ccn2c(C(=O)NCCC3CCCOC3)nnc2n1. The normalized spacial score (nSPS) is 18.8. The van der Waals surface area contributed by atoms with E-state index in [-0.39, 0.29) is 11.7 Å². The third kappa shape index (κ3) is 3.18. The minimum Gasteiger partial charge on any atom is -0.381 e. The summed E-state index contributed by atoms with van der Waals surface area (Å²) in [6, 6.07) is 1.83. The van der Waals surface area contributed by atoms with Gasteiger partial charge in [0.15, 0.2) is 0 Å². The van der Waals surface area contributed by atoms with E-state index in [0.717, 1.165) is 31.7 Å². The van der Waals surface area contributed by atoms with Gasteiger partial charge in [0.2, 0.25) is 5.82 Å². The zero-order valence-electron chi connectivity index (χ0n) is 12.1. The summed E-state index contributed by atoms with van der Waals surface area (Å²) >= 11 is 0. The fourth-order valence-corrected chi connectivity index (χ4v) is 2.53. The Morgan fingerprint density at radius 2 is 2.43 bits per heavy atom. The smallest absolute Gasteiger partial charge is 0.289 e. The Kier molecular flexibility index (Phi) is 4.10. The lowest BCUT2D eigenvalue weighted by Crippen LogP contribution is -2.29. The Balaban J connectivity index is 1.59. The predicted octanol–water partition coefficient (Wildman–Crippen LogP) is 0.979. The van der Waals surface area contributed by atoms with Crippen LogP contribution in [0.3, 0.4) is 0 Å². The Labute approximate surface area is 122 Å². The summed E-state index contributed by atoms with van der Waals surface area (Å²) in [6.07, 6.45) is 4.98. The van der Waals surface area contributed by atoms with Crippen LogP contribution in [0.5, 0.6) is 0 Å². The zero-order chi connectivity index (χ0) is 14.7. The maximum absolute atomic E-state index is 12.2. The second kappa shape index (κ2) is 6.17. The monoisotopic (exact) mass is 289 g/mol. The van der Waals surface area contributed by atoms with Crippen LogP contribution in [0.25, 0.3) is 5.78 Å². The fraction of sp³-hybridized carbons (Fsp3) is 0.571. The van der Waals surface area contributed by atoms with Crippen molar-refractivity contribution in [1.82, 2.24) is 24.9 Å². The lowest BCUT2D eigenvalue weighted by Gasteiger charge is -2.21. The van der Waals surface area contributed by atoms with Gasteiger partial charge in [0.1, 0.15) is 0 Å². The van der Waals surface area contributed by atoms with Gasteiger partial charge >= 0.3 is 0 Å². The van der Waals surface area contributed by atoms with Gasteiger partial charge in [-0.25, -0.2) is 4.98 Å². The summed E-state index contributed by atoms with van der Waals surface area (Å²) < 4.78 is 7.04. The van der Waals surface area contributed by atoms with Crippen LogP contribution in [0.15, 0.2) is 12.3 Å². The number of amides is 1. The maximum Gasteiger partial charge on any atom is 0.289 e. The molecule has 0 bridgehead atoms.